The first-order valence-corrected chi connectivity index (χ1v) is 11.2. The van der Waals surface area contributed by atoms with E-state index in [2.05, 4.69) is 25.2 Å². The van der Waals surface area contributed by atoms with E-state index in [-0.39, 0.29) is 5.91 Å². The fourth-order valence-electron chi connectivity index (χ4n) is 4.29. The van der Waals surface area contributed by atoms with Crippen LogP contribution in [0.15, 0.2) is 36.8 Å². The summed E-state index contributed by atoms with van der Waals surface area (Å²) in [5.74, 6) is 1.13. The van der Waals surface area contributed by atoms with Crippen LogP contribution in [0.3, 0.4) is 0 Å². The molecule has 1 aliphatic rings. The highest BCUT2D eigenvalue weighted by Crippen LogP contribution is 2.37. The van der Waals surface area contributed by atoms with Gasteiger partial charge < -0.3 is 29.6 Å². The average molecular weight is 467 g/mol. The van der Waals surface area contributed by atoms with E-state index >= 15 is 0 Å². The van der Waals surface area contributed by atoms with E-state index in [1.54, 1.807) is 51.8 Å². The Balaban J connectivity index is 1.48. The van der Waals surface area contributed by atoms with Crippen molar-refractivity contribution >= 4 is 34.5 Å². The van der Waals surface area contributed by atoms with E-state index < -0.39 is 11.5 Å². The molecule has 4 rings (SSSR count). The summed E-state index contributed by atoms with van der Waals surface area (Å²) >= 11 is 0. The summed E-state index contributed by atoms with van der Waals surface area (Å²) in [6, 6.07) is 6.82. The molecule has 1 fully saturated rings. The van der Waals surface area contributed by atoms with Gasteiger partial charge in [-0.25, -0.2) is 14.8 Å². The molecule has 0 radical (unpaired) electrons. The van der Waals surface area contributed by atoms with Crippen molar-refractivity contribution in [2.24, 2.45) is 5.41 Å². The number of anilines is 2. The number of aromatic amines is 1. The zero-order valence-electron chi connectivity index (χ0n) is 19.9. The number of aryl methyl sites for hydroxylation is 1. The molecule has 0 unspecified atom stereocenters. The Morgan fingerprint density at radius 2 is 2.00 bits per heavy atom. The van der Waals surface area contributed by atoms with Crippen LogP contribution in [0.2, 0.25) is 0 Å². The van der Waals surface area contributed by atoms with E-state index in [0.29, 0.717) is 44.0 Å². The number of benzene rings is 1. The zero-order chi connectivity index (χ0) is 24.3. The van der Waals surface area contributed by atoms with Crippen LogP contribution in [0, 0.1) is 12.3 Å². The topological polar surface area (TPSA) is 113 Å². The lowest BCUT2D eigenvalue weighted by Gasteiger charge is -2.40. The van der Waals surface area contributed by atoms with Crippen molar-refractivity contribution in [3.63, 3.8) is 0 Å². The number of ether oxygens (including phenoxy) is 2. The molecule has 0 bridgehead atoms. The van der Waals surface area contributed by atoms with E-state index in [1.165, 1.54) is 4.90 Å². The number of aromatic nitrogens is 3. The normalized spacial score (nSPS) is 15.2. The predicted octanol–water partition coefficient (Wildman–Crippen LogP) is 3.20. The second-order valence-corrected chi connectivity index (χ2v) is 8.84. The minimum atomic E-state index is -0.680. The second kappa shape index (κ2) is 9.68. The molecule has 3 aromatic rings. The molecule has 34 heavy (non-hydrogen) atoms. The van der Waals surface area contributed by atoms with Gasteiger partial charge in [0.2, 0.25) is 5.91 Å². The van der Waals surface area contributed by atoms with Crippen molar-refractivity contribution in [2.75, 3.05) is 51.1 Å². The number of hydrogen-bond acceptors (Lipinski definition) is 7. The number of rotatable bonds is 6. The molecule has 0 atom stereocenters. The summed E-state index contributed by atoms with van der Waals surface area (Å²) in [5, 5.41) is 4.01. The molecular formula is C24H30N6O4. The molecule has 3 heterocycles. The van der Waals surface area contributed by atoms with Crippen molar-refractivity contribution in [1.82, 2.24) is 19.9 Å². The van der Waals surface area contributed by atoms with Crippen molar-refractivity contribution in [1.29, 1.82) is 0 Å². The van der Waals surface area contributed by atoms with Gasteiger partial charge in [-0.05, 0) is 37.5 Å². The molecule has 1 aromatic carbocycles. The van der Waals surface area contributed by atoms with Crippen LogP contribution in [0.4, 0.5) is 16.3 Å². The Kier molecular flexibility index (Phi) is 6.69. The number of nitrogens with zero attached hydrogens (tertiary/aromatic N) is 4. The summed E-state index contributed by atoms with van der Waals surface area (Å²) in [7, 11) is 4.83. The van der Waals surface area contributed by atoms with Crippen LogP contribution in [-0.4, -0.2) is 72.8 Å². The number of methoxy groups -OCH3 is 1. The first-order valence-electron chi connectivity index (χ1n) is 11.2. The van der Waals surface area contributed by atoms with E-state index in [4.69, 9.17) is 9.47 Å². The third-order valence-electron chi connectivity index (χ3n) is 6.23. The molecular weight excluding hydrogens is 436 g/mol. The van der Waals surface area contributed by atoms with Gasteiger partial charge in [-0.15, -0.1) is 0 Å². The molecule has 0 aliphatic carbocycles. The minimum absolute atomic E-state index is 0.115. The van der Waals surface area contributed by atoms with Crippen LogP contribution in [0.25, 0.3) is 11.0 Å². The van der Waals surface area contributed by atoms with Gasteiger partial charge in [0.1, 0.15) is 23.5 Å². The summed E-state index contributed by atoms with van der Waals surface area (Å²) in [6.45, 7) is 3.66. The van der Waals surface area contributed by atoms with Crippen molar-refractivity contribution in [3.8, 4) is 5.75 Å². The van der Waals surface area contributed by atoms with Gasteiger partial charge >= 0.3 is 6.09 Å². The third kappa shape index (κ3) is 4.67. The Morgan fingerprint density at radius 1 is 1.24 bits per heavy atom. The molecule has 2 aromatic heterocycles. The van der Waals surface area contributed by atoms with Crippen molar-refractivity contribution < 1.29 is 19.1 Å². The smallest absolute Gasteiger partial charge is 0.410 e. The Labute approximate surface area is 198 Å². The summed E-state index contributed by atoms with van der Waals surface area (Å²) in [6.07, 6.45) is 4.23. The Hall–Kier alpha value is -3.66. The Morgan fingerprint density at radius 3 is 2.71 bits per heavy atom. The van der Waals surface area contributed by atoms with Gasteiger partial charge in [-0.2, -0.15) is 0 Å². The lowest BCUT2D eigenvalue weighted by Crippen LogP contribution is -2.49. The molecule has 1 aliphatic heterocycles. The summed E-state index contributed by atoms with van der Waals surface area (Å²) in [5.41, 5.74) is 1.78. The van der Waals surface area contributed by atoms with Crippen molar-refractivity contribution in [2.45, 2.75) is 19.8 Å². The molecule has 2 N–H and O–H groups in total. The van der Waals surface area contributed by atoms with Crippen LogP contribution in [0.5, 0.6) is 5.75 Å². The predicted molar refractivity (Wildman–Crippen MR) is 129 cm³/mol. The molecule has 0 saturated carbocycles. The maximum absolute atomic E-state index is 13.4. The molecule has 0 spiro atoms. The standard InChI is InChI=1S/C24H30N6O4/c1-16-13-25-20-19(16)21(27-15-26-20)30-10-8-24(9-11-30,14-33-4)22(31)28-17-6-5-7-18(12-17)34-23(32)29(2)3/h5-7,12-13,15H,8-11,14H2,1-4H3,(H,28,31)(H,25,26,27). The van der Waals surface area contributed by atoms with Crippen LogP contribution >= 0.6 is 0 Å². The number of H-pyrrole nitrogens is 1. The average Bonchev–Trinajstić information content (AvgIpc) is 3.21. The minimum Gasteiger partial charge on any atom is -0.410 e. The SMILES string of the molecule is COCC1(C(=O)Nc2cccc(OC(=O)N(C)C)c2)CCN(c2ncnc3[nH]cc(C)c23)CC1. The number of hydrogen-bond donors (Lipinski definition) is 2. The summed E-state index contributed by atoms with van der Waals surface area (Å²) in [4.78, 5) is 40.8. The highest BCUT2D eigenvalue weighted by molar-refractivity contribution is 5.96. The van der Waals surface area contributed by atoms with E-state index in [0.717, 1.165) is 22.4 Å². The highest BCUT2D eigenvalue weighted by atomic mass is 16.6. The first-order chi connectivity index (χ1) is 16.3. The number of carbonyl (C=O) groups excluding carboxylic acids is 2. The van der Waals surface area contributed by atoms with Crippen LogP contribution < -0.4 is 15.0 Å². The number of fused-ring (bicyclic) bond motifs is 1. The van der Waals surface area contributed by atoms with Gasteiger partial charge in [0.05, 0.1) is 17.4 Å². The van der Waals surface area contributed by atoms with Gasteiger partial charge in [-0.3, -0.25) is 4.79 Å². The summed E-state index contributed by atoms with van der Waals surface area (Å²) < 4.78 is 10.8. The van der Waals surface area contributed by atoms with Gasteiger partial charge in [-0.1, -0.05) is 6.07 Å². The Bertz CT molecular complexity index is 1180. The maximum atomic E-state index is 13.4. The van der Waals surface area contributed by atoms with Crippen LogP contribution in [0.1, 0.15) is 18.4 Å². The number of amides is 2. The number of carbonyl (C=O) groups is 2. The fourth-order valence-corrected chi connectivity index (χ4v) is 4.29. The van der Waals surface area contributed by atoms with E-state index in [9.17, 15) is 9.59 Å². The lowest BCUT2D eigenvalue weighted by molar-refractivity contribution is -0.130. The molecule has 10 heteroatoms. The molecule has 1 saturated heterocycles. The molecule has 180 valence electrons. The van der Waals surface area contributed by atoms with Gasteiger partial charge in [0, 0.05) is 52.2 Å². The van der Waals surface area contributed by atoms with E-state index in [1.807, 2.05) is 13.1 Å². The maximum Gasteiger partial charge on any atom is 0.414 e. The zero-order valence-corrected chi connectivity index (χ0v) is 19.9. The van der Waals surface area contributed by atoms with Gasteiger partial charge in [0.25, 0.3) is 0 Å². The molecule has 2 amide bonds. The van der Waals surface area contributed by atoms with Crippen LogP contribution in [-0.2, 0) is 9.53 Å². The first kappa shape index (κ1) is 23.5. The lowest BCUT2D eigenvalue weighted by atomic mass is 9.78. The molecule has 10 nitrogen and oxygen atoms in total. The monoisotopic (exact) mass is 466 g/mol. The highest BCUT2D eigenvalue weighted by Gasteiger charge is 2.42. The quantitative estimate of drug-likeness (QED) is 0.574. The van der Waals surface area contributed by atoms with Crippen molar-refractivity contribution in [3.05, 3.63) is 42.4 Å². The number of nitrogens with one attached hydrogen (secondary N) is 2. The fraction of sp³-hybridized carbons (Fsp3) is 0.417. The third-order valence-corrected chi connectivity index (χ3v) is 6.23. The van der Waals surface area contributed by atoms with Gasteiger partial charge in [0.15, 0.2) is 0 Å². The second-order valence-electron chi connectivity index (χ2n) is 8.84. The number of piperidine rings is 1. The largest absolute Gasteiger partial charge is 0.414 e.